The molecular weight excluding hydrogens is 270 g/mol. The topological polar surface area (TPSA) is 81.1 Å². The molecule has 3 rings (SSSR count). The minimum atomic E-state index is -0.483. The third-order valence-corrected chi connectivity index (χ3v) is 3.97. The second-order valence-electron chi connectivity index (χ2n) is 4.46. The van der Waals surface area contributed by atoms with Crippen molar-refractivity contribution in [2.75, 3.05) is 11.1 Å². The van der Waals surface area contributed by atoms with Crippen LogP contribution in [-0.2, 0) is 0 Å². The maximum Gasteiger partial charge on any atom is 0.248 e. The summed E-state index contributed by atoms with van der Waals surface area (Å²) in [4.78, 5) is 11.1. The van der Waals surface area contributed by atoms with Crippen molar-refractivity contribution < 1.29 is 4.79 Å². The molecule has 0 saturated carbocycles. The van der Waals surface area contributed by atoms with Crippen LogP contribution in [0.15, 0.2) is 47.8 Å². The van der Waals surface area contributed by atoms with Gasteiger partial charge in [-0.1, -0.05) is 0 Å². The van der Waals surface area contributed by atoms with Gasteiger partial charge in [-0.05, 0) is 53.2 Å². The maximum absolute atomic E-state index is 11.1. The first-order valence-electron chi connectivity index (χ1n) is 6.07. The van der Waals surface area contributed by atoms with Gasteiger partial charge in [-0.2, -0.15) is 0 Å². The van der Waals surface area contributed by atoms with Gasteiger partial charge in [0.15, 0.2) is 0 Å². The summed E-state index contributed by atoms with van der Waals surface area (Å²) in [7, 11) is 0. The van der Waals surface area contributed by atoms with E-state index in [9.17, 15) is 4.79 Å². The Hall–Kier alpha value is -2.53. The molecule has 0 unspecified atom stereocenters. The molecule has 0 fully saturated rings. The van der Waals surface area contributed by atoms with E-state index in [0.29, 0.717) is 11.3 Å². The SMILES string of the molecule is NC(=O)c1ccc(Nc2ccc3sccc3c2)c(N)c1. The number of fused-ring (bicyclic) bond motifs is 1. The van der Waals surface area contributed by atoms with E-state index in [1.165, 1.54) is 10.1 Å². The Morgan fingerprint density at radius 3 is 2.70 bits per heavy atom. The summed E-state index contributed by atoms with van der Waals surface area (Å²) in [5, 5.41) is 6.50. The van der Waals surface area contributed by atoms with Crippen molar-refractivity contribution in [2.24, 2.45) is 5.73 Å². The minimum absolute atomic E-state index is 0.404. The molecule has 0 saturated heterocycles. The summed E-state index contributed by atoms with van der Waals surface area (Å²) in [6.07, 6.45) is 0. The van der Waals surface area contributed by atoms with Crippen LogP contribution in [0.4, 0.5) is 17.1 Å². The lowest BCUT2D eigenvalue weighted by Crippen LogP contribution is -2.11. The fourth-order valence-corrected chi connectivity index (χ4v) is 2.80. The largest absolute Gasteiger partial charge is 0.397 e. The third kappa shape index (κ3) is 2.31. The number of carbonyl (C=O) groups is 1. The van der Waals surface area contributed by atoms with E-state index >= 15 is 0 Å². The molecule has 100 valence electrons. The van der Waals surface area contributed by atoms with Crippen LogP contribution in [-0.4, -0.2) is 5.91 Å². The predicted octanol–water partition coefficient (Wildman–Crippen LogP) is 3.33. The second-order valence-corrected chi connectivity index (χ2v) is 5.41. The lowest BCUT2D eigenvalue weighted by atomic mass is 10.1. The Balaban J connectivity index is 1.92. The van der Waals surface area contributed by atoms with Crippen molar-refractivity contribution in [3.63, 3.8) is 0 Å². The first-order valence-corrected chi connectivity index (χ1v) is 6.95. The number of thiophene rings is 1. The average molecular weight is 283 g/mol. The molecule has 0 spiro atoms. The third-order valence-electron chi connectivity index (χ3n) is 3.07. The number of carbonyl (C=O) groups excluding carboxylic acids is 1. The van der Waals surface area contributed by atoms with E-state index in [1.54, 1.807) is 29.5 Å². The number of hydrogen-bond acceptors (Lipinski definition) is 4. The van der Waals surface area contributed by atoms with E-state index in [0.717, 1.165) is 11.4 Å². The Morgan fingerprint density at radius 1 is 1.10 bits per heavy atom. The minimum Gasteiger partial charge on any atom is -0.397 e. The smallest absolute Gasteiger partial charge is 0.248 e. The summed E-state index contributed by atoms with van der Waals surface area (Å²) in [5.41, 5.74) is 13.8. The van der Waals surface area contributed by atoms with Crippen LogP contribution in [0.25, 0.3) is 10.1 Å². The molecule has 1 aromatic heterocycles. The summed E-state index contributed by atoms with van der Waals surface area (Å²) < 4.78 is 1.24. The molecule has 0 bridgehead atoms. The molecule has 0 atom stereocenters. The van der Waals surface area contributed by atoms with Crippen LogP contribution < -0.4 is 16.8 Å². The number of amides is 1. The highest BCUT2D eigenvalue weighted by molar-refractivity contribution is 7.17. The van der Waals surface area contributed by atoms with Gasteiger partial charge >= 0.3 is 0 Å². The lowest BCUT2D eigenvalue weighted by Gasteiger charge is -2.10. The molecular formula is C15H13N3OS. The highest BCUT2D eigenvalue weighted by Gasteiger charge is 2.05. The van der Waals surface area contributed by atoms with Gasteiger partial charge in [0.05, 0.1) is 11.4 Å². The molecule has 3 aromatic rings. The van der Waals surface area contributed by atoms with Crippen LogP contribution >= 0.6 is 11.3 Å². The summed E-state index contributed by atoms with van der Waals surface area (Å²) in [6.45, 7) is 0. The van der Waals surface area contributed by atoms with Crippen LogP contribution in [0.5, 0.6) is 0 Å². The molecule has 1 amide bonds. The van der Waals surface area contributed by atoms with Gasteiger partial charge in [0.2, 0.25) is 5.91 Å². The highest BCUT2D eigenvalue weighted by atomic mass is 32.1. The Labute approximate surface area is 120 Å². The Bertz CT molecular complexity index is 795. The van der Waals surface area contributed by atoms with E-state index in [2.05, 4.69) is 28.9 Å². The Morgan fingerprint density at radius 2 is 1.95 bits per heavy atom. The molecule has 0 aliphatic carbocycles. The van der Waals surface area contributed by atoms with E-state index in [-0.39, 0.29) is 0 Å². The van der Waals surface area contributed by atoms with Gasteiger partial charge in [0, 0.05) is 16.0 Å². The van der Waals surface area contributed by atoms with Crippen LogP contribution in [0.2, 0.25) is 0 Å². The van der Waals surface area contributed by atoms with Crippen molar-refractivity contribution in [3.8, 4) is 0 Å². The molecule has 1 heterocycles. The summed E-state index contributed by atoms with van der Waals surface area (Å²) in [5.74, 6) is -0.483. The Kier molecular flexibility index (Phi) is 3.04. The maximum atomic E-state index is 11.1. The van der Waals surface area contributed by atoms with Crippen LogP contribution in [0, 0.1) is 0 Å². The van der Waals surface area contributed by atoms with Crippen molar-refractivity contribution in [1.82, 2.24) is 0 Å². The van der Waals surface area contributed by atoms with Gasteiger partial charge in [0.25, 0.3) is 0 Å². The van der Waals surface area contributed by atoms with Crippen molar-refractivity contribution in [2.45, 2.75) is 0 Å². The number of primary amides is 1. The van der Waals surface area contributed by atoms with Crippen molar-refractivity contribution >= 4 is 44.4 Å². The van der Waals surface area contributed by atoms with Gasteiger partial charge in [-0.15, -0.1) is 11.3 Å². The number of nitrogens with one attached hydrogen (secondary N) is 1. The zero-order chi connectivity index (χ0) is 14.1. The van der Waals surface area contributed by atoms with Gasteiger partial charge in [0.1, 0.15) is 0 Å². The van der Waals surface area contributed by atoms with Crippen LogP contribution in [0.3, 0.4) is 0 Å². The van der Waals surface area contributed by atoms with E-state index in [1.807, 2.05) is 6.07 Å². The predicted molar refractivity (Wildman–Crippen MR) is 84.5 cm³/mol. The molecule has 4 nitrogen and oxygen atoms in total. The normalized spacial score (nSPS) is 10.6. The lowest BCUT2D eigenvalue weighted by molar-refractivity contribution is 0.100. The molecule has 5 heteroatoms. The number of anilines is 3. The fraction of sp³-hybridized carbons (Fsp3) is 0. The number of hydrogen-bond donors (Lipinski definition) is 3. The van der Waals surface area contributed by atoms with E-state index < -0.39 is 5.91 Å². The summed E-state index contributed by atoms with van der Waals surface area (Å²) >= 11 is 1.71. The van der Waals surface area contributed by atoms with Gasteiger partial charge < -0.3 is 16.8 Å². The molecule has 5 N–H and O–H groups in total. The monoisotopic (exact) mass is 283 g/mol. The average Bonchev–Trinajstić information content (AvgIpc) is 2.88. The van der Waals surface area contributed by atoms with Gasteiger partial charge in [-0.25, -0.2) is 0 Å². The first kappa shape index (κ1) is 12.5. The van der Waals surface area contributed by atoms with Crippen molar-refractivity contribution in [3.05, 3.63) is 53.4 Å². The molecule has 0 aliphatic rings. The van der Waals surface area contributed by atoms with E-state index in [4.69, 9.17) is 11.5 Å². The second kappa shape index (κ2) is 4.86. The number of nitrogen functional groups attached to an aromatic ring is 1. The highest BCUT2D eigenvalue weighted by Crippen LogP contribution is 2.28. The van der Waals surface area contributed by atoms with Gasteiger partial charge in [-0.3, -0.25) is 4.79 Å². The number of nitrogens with two attached hydrogens (primary N) is 2. The number of rotatable bonds is 3. The van der Waals surface area contributed by atoms with Crippen molar-refractivity contribution in [1.29, 1.82) is 0 Å². The fourth-order valence-electron chi connectivity index (χ4n) is 2.03. The standard InChI is InChI=1S/C15H13N3OS/c16-12-8-10(15(17)19)1-3-13(12)18-11-2-4-14-9(7-11)5-6-20-14/h1-8,18H,16H2,(H2,17,19). The van der Waals surface area contributed by atoms with Crippen LogP contribution in [0.1, 0.15) is 10.4 Å². The quantitative estimate of drug-likeness (QED) is 0.645. The zero-order valence-corrected chi connectivity index (χ0v) is 11.4. The summed E-state index contributed by atoms with van der Waals surface area (Å²) in [6, 6.07) is 13.2. The first-order chi connectivity index (χ1) is 9.63. The molecule has 2 aromatic carbocycles. The molecule has 20 heavy (non-hydrogen) atoms. The zero-order valence-electron chi connectivity index (χ0n) is 10.6. The molecule has 0 aliphatic heterocycles. The number of benzene rings is 2. The molecule has 0 radical (unpaired) electrons.